The summed E-state index contributed by atoms with van der Waals surface area (Å²) in [5.74, 6) is -10.7. The van der Waals surface area contributed by atoms with Gasteiger partial charge in [-0.25, -0.2) is 9.78 Å². The number of rotatable bonds is 36. The van der Waals surface area contributed by atoms with Gasteiger partial charge in [0.15, 0.2) is 0 Å². The van der Waals surface area contributed by atoms with Crippen LogP contribution in [0.15, 0.2) is 97.6 Å². The number of imidazole rings is 1. The second-order valence-corrected chi connectivity index (χ2v) is 22.4. The number of aromatic amines is 2. The van der Waals surface area contributed by atoms with Gasteiger partial charge in [0.05, 0.1) is 31.2 Å². The minimum Gasteiger partial charge on any atom is -0.508 e. The number of aromatic hydroxyl groups is 1. The van der Waals surface area contributed by atoms with Gasteiger partial charge in [-0.05, 0) is 85.9 Å². The summed E-state index contributed by atoms with van der Waals surface area (Å²) in [6, 6.07) is 9.12. The molecule has 0 bridgehead atoms. The largest absolute Gasteiger partial charge is 0.508 e. The van der Waals surface area contributed by atoms with Crippen molar-refractivity contribution in [3.63, 3.8) is 0 Å². The third-order valence-electron chi connectivity index (χ3n) is 15.7. The number of aliphatic hydroxyl groups is 1. The minimum atomic E-state index is -1.69. The fourth-order valence-electron chi connectivity index (χ4n) is 10.4. The first kappa shape index (κ1) is 70.3. The van der Waals surface area contributed by atoms with Gasteiger partial charge >= 0.3 is 11.9 Å². The van der Waals surface area contributed by atoms with Crippen molar-refractivity contribution in [1.29, 1.82) is 0 Å². The topological polar surface area (TPSA) is 465 Å². The Hall–Kier alpha value is -9.74. The zero-order valence-corrected chi connectivity index (χ0v) is 50.7. The number of phenols is 1. The normalized spacial score (nSPS) is 15.8. The number of nitrogens with zero attached hydrogens (tertiary/aromatic N) is 2. The van der Waals surface area contributed by atoms with E-state index >= 15 is 0 Å². The van der Waals surface area contributed by atoms with Crippen LogP contribution in [0.1, 0.15) is 87.6 Å². The molecule has 1 aliphatic rings. The van der Waals surface area contributed by atoms with Crippen molar-refractivity contribution in [3.05, 3.63) is 120 Å². The molecule has 3 heterocycles. The molecule has 1 saturated heterocycles. The van der Waals surface area contributed by atoms with E-state index in [1.54, 1.807) is 74.6 Å². The van der Waals surface area contributed by atoms with Crippen molar-refractivity contribution < 1.29 is 73.2 Å². The number of amides is 9. The smallest absolute Gasteiger partial charge is 0.326 e. The molecule has 490 valence electrons. The Labute approximate surface area is 524 Å². The van der Waals surface area contributed by atoms with Gasteiger partial charge in [-0.3, -0.25) is 47.9 Å². The monoisotopic (exact) mass is 1260 g/mol. The molecule has 18 N–H and O–H groups in total. The second-order valence-electron chi connectivity index (χ2n) is 22.4. The lowest BCUT2D eigenvalue weighted by molar-refractivity contribution is -0.143. The van der Waals surface area contributed by atoms with Crippen LogP contribution in [0, 0.1) is 5.92 Å². The average Bonchev–Trinajstić information content (AvgIpc) is 2.09. The lowest BCUT2D eigenvalue weighted by atomic mass is 9.96. The summed E-state index contributed by atoms with van der Waals surface area (Å²) in [5.41, 5.74) is 14.3. The predicted octanol–water partition coefficient (Wildman–Crippen LogP) is -1.19. The molecule has 5 aromatic rings. The number of carbonyl (C=O) groups is 11. The van der Waals surface area contributed by atoms with Gasteiger partial charge in [0, 0.05) is 61.9 Å². The molecule has 0 radical (unpaired) electrons. The van der Waals surface area contributed by atoms with E-state index in [0.29, 0.717) is 59.0 Å². The van der Waals surface area contributed by atoms with E-state index in [9.17, 15) is 68.1 Å². The zero-order valence-electron chi connectivity index (χ0n) is 50.7. The van der Waals surface area contributed by atoms with Crippen LogP contribution in [-0.4, -0.2) is 186 Å². The van der Waals surface area contributed by atoms with Crippen LogP contribution in [0.2, 0.25) is 0 Å². The van der Waals surface area contributed by atoms with Crippen molar-refractivity contribution in [1.82, 2.24) is 62.4 Å². The van der Waals surface area contributed by atoms with Crippen molar-refractivity contribution in [3.8, 4) is 5.75 Å². The van der Waals surface area contributed by atoms with E-state index in [2.05, 4.69) is 57.5 Å². The molecule has 29 heteroatoms. The van der Waals surface area contributed by atoms with Crippen molar-refractivity contribution in [2.45, 2.75) is 145 Å². The number of carboxylic acids is 2. The maximum absolute atomic E-state index is 15.0. The molecule has 9 amide bonds. The van der Waals surface area contributed by atoms with Gasteiger partial charge in [0.1, 0.15) is 54.1 Å². The van der Waals surface area contributed by atoms with E-state index in [0.717, 1.165) is 0 Å². The molecule has 2 aromatic heterocycles. The molecule has 0 unspecified atom stereocenters. The maximum atomic E-state index is 15.0. The number of aromatic nitrogens is 3. The zero-order chi connectivity index (χ0) is 66.1. The summed E-state index contributed by atoms with van der Waals surface area (Å²) < 4.78 is 0. The van der Waals surface area contributed by atoms with Gasteiger partial charge in [-0.1, -0.05) is 80.9 Å². The van der Waals surface area contributed by atoms with Gasteiger partial charge in [-0.15, -0.1) is 0 Å². The molecular weight excluding hydrogens is 1180 g/mol. The lowest BCUT2D eigenvalue weighted by Gasteiger charge is -2.32. The number of hydrogen-bond acceptors (Lipinski definition) is 16. The number of aliphatic hydroxyl groups excluding tert-OH is 1. The summed E-state index contributed by atoms with van der Waals surface area (Å²) in [4.78, 5) is 162. The highest BCUT2D eigenvalue weighted by Crippen LogP contribution is 2.23. The number of nitrogens with two attached hydrogens (primary N) is 2. The van der Waals surface area contributed by atoms with Crippen LogP contribution >= 0.6 is 0 Å². The van der Waals surface area contributed by atoms with Crippen LogP contribution in [0.3, 0.4) is 0 Å². The Kier molecular flexibility index (Phi) is 27.0. The Morgan fingerprint density at radius 3 is 1.96 bits per heavy atom. The van der Waals surface area contributed by atoms with E-state index < -0.39 is 139 Å². The van der Waals surface area contributed by atoms with E-state index in [1.807, 2.05) is 0 Å². The SMILES string of the molecule is CC[C@H](C)[C@H](NC(=O)[C@H](CCCCN)NC(=O)[C@H](Cc1c[nH]cn1)NC(=O)CNC(=O)[C@@H](N)CCC(=O)O)C(=O)N[C@@H](Cc1ccccc1)C(=O)N1CCC[C@H]1C(=O)N[C@@H](CO)C(=O)N[C@@H](Cc1c[nH]c2ccccc12)C(=O)N[C@@H](Cc1ccc(O)cc1)C(=O)O. The molecule has 1 aliphatic heterocycles. The summed E-state index contributed by atoms with van der Waals surface area (Å²) >= 11 is 0. The first-order valence-electron chi connectivity index (χ1n) is 30.1. The van der Waals surface area contributed by atoms with Gasteiger partial charge in [-0.2, -0.15) is 0 Å². The Bertz CT molecular complexity index is 3290. The lowest BCUT2D eigenvalue weighted by Crippen LogP contribution is -2.61. The summed E-state index contributed by atoms with van der Waals surface area (Å²) in [7, 11) is 0. The Balaban J connectivity index is 1.17. The predicted molar refractivity (Wildman–Crippen MR) is 329 cm³/mol. The van der Waals surface area contributed by atoms with Gasteiger partial charge < -0.3 is 89.3 Å². The van der Waals surface area contributed by atoms with Crippen molar-refractivity contribution >= 4 is 76.0 Å². The van der Waals surface area contributed by atoms with Crippen LogP contribution in [0.5, 0.6) is 5.75 Å². The number of fused-ring (bicyclic) bond motifs is 1. The first-order valence-corrected chi connectivity index (χ1v) is 30.1. The van der Waals surface area contributed by atoms with Crippen LogP contribution < -0.4 is 54.0 Å². The molecule has 29 nitrogen and oxygen atoms in total. The highest BCUT2D eigenvalue weighted by Gasteiger charge is 2.41. The van der Waals surface area contributed by atoms with E-state index in [1.165, 1.54) is 41.7 Å². The number of aliphatic carboxylic acids is 2. The van der Waals surface area contributed by atoms with Crippen molar-refractivity contribution in [2.24, 2.45) is 17.4 Å². The highest BCUT2D eigenvalue weighted by molar-refractivity contribution is 5.99. The van der Waals surface area contributed by atoms with Crippen LogP contribution in [-0.2, 0) is 78.4 Å². The fraction of sp³-hybridized carbons (Fsp3) is 0.452. The van der Waals surface area contributed by atoms with E-state index in [-0.39, 0.29) is 70.2 Å². The van der Waals surface area contributed by atoms with Crippen LogP contribution in [0.25, 0.3) is 10.9 Å². The molecule has 0 saturated carbocycles. The molecule has 10 atom stereocenters. The quantitative estimate of drug-likeness (QED) is 0.0210. The minimum absolute atomic E-state index is 0.0282. The average molecular weight is 1260 g/mol. The number of para-hydroxylation sites is 1. The Morgan fingerprint density at radius 2 is 1.30 bits per heavy atom. The molecule has 0 spiro atoms. The number of likely N-dealkylation sites (tertiary alicyclic amines) is 1. The van der Waals surface area contributed by atoms with Crippen molar-refractivity contribution in [2.75, 3.05) is 26.2 Å². The molecular formula is C62H82N14O15. The Morgan fingerprint density at radius 1 is 0.670 bits per heavy atom. The third-order valence-corrected chi connectivity index (χ3v) is 15.7. The third kappa shape index (κ3) is 21.2. The molecule has 0 aliphatic carbocycles. The molecule has 6 rings (SSSR count). The molecule has 3 aromatic carbocycles. The first-order chi connectivity index (χ1) is 43.6. The summed E-state index contributed by atoms with van der Waals surface area (Å²) in [5, 5.41) is 61.0. The van der Waals surface area contributed by atoms with Gasteiger partial charge in [0.25, 0.3) is 0 Å². The number of benzene rings is 3. The number of carbonyl (C=O) groups excluding carboxylic acids is 9. The van der Waals surface area contributed by atoms with E-state index in [4.69, 9.17) is 16.6 Å². The number of hydrogen-bond donors (Lipinski definition) is 16. The number of H-pyrrole nitrogens is 2. The standard InChI is InChI=1S/C62H82N14O15/c1-3-35(2)53(75-55(83)44(16-9-10-24-63)70-57(85)46(29-39-31-65-34-68-39)69-51(79)32-67-54(82)42(64)22-23-52(80)81)60(88)72-47(26-36-12-5-4-6-13-36)61(89)76-25-11-17-50(76)59(87)74-49(33-77)58(86)71-45(28-38-30-66-43-15-8-7-14-41(38)43)56(84)73-48(62(90)91)27-37-18-20-40(78)21-19-37/h4-8,12-15,18-21,30-31,34-35,42,44-50,53,66,77-78H,3,9-11,16-17,22-29,32-33,63-64H2,1-2H3,(H,65,68)(H,67,82)(H,69,79)(H,70,85)(H,71,86)(H,72,88)(H,73,84)(H,74,87)(H,75,83)(H,80,81)(H,90,91)/t35-,42-,44-,45-,46-,47-,48-,49-,50-,53-/m0/s1. The number of nitrogens with one attached hydrogen (secondary N) is 10. The summed E-state index contributed by atoms with van der Waals surface area (Å²) in [6.07, 6.45) is 4.84. The maximum Gasteiger partial charge on any atom is 0.326 e. The second kappa shape index (κ2) is 34.9. The van der Waals surface area contributed by atoms with Gasteiger partial charge in [0.2, 0.25) is 53.2 Å². The summed E-state index contributed by atoms with van der Waals surface area (Å²) in [6.45, 7) is 2.15. The number of phenolic OH excluding ortho intramolecular Hbond substituents is 1. The fourth-order valence-corrected chi connectivity index (χ4v) is 10.4. The molecule has 1 fully saturated rings. The molecule has 91 heavy (non-hydrogen) atoms. The number of carboxylic acid groups (broad SMARTS) is 2. The highest BCUT2D eigenvalue weighted by atomic mass is 16.4. The van der Waals surface area contributed by atoms with Crippen LogP contribution in [0.4, 0.5) is 0 Å². The number of unbranched alkanes of at least 4 members (excludes halogenated alkanes) is 1.